The quantitative estimate of drug-likeness (QED) is 0.336. The van der Waals surface area contributed by atoms with E-state index in [2.05, 4.69) is 39.7 Å². The minimum absolute atomic E-state index is 0.390. The first-order valence-electron chi connectivity index (χ1n) is 6.96. The third-order valence-electron chi connectivity index (χ3n) is 2.69. The molecule has 0 atom stereocenters. The average Bonchev–Trinajstić information content (AvgIpc) is 2.44. The summed E-state index contributed by atoms with van der Waals surface area (Å²) in [5.74, 6) is 7.39. The SMILES string of the molecule is CCOCc1nc(NN)cc(NCCCCN(C)C)n1. The van der Waals surface area contributed by atoms with Crippen LogP contribution in [-0.2, 0) is 11.3 Å². The number of rotatable bonds is 10. The number of nitrogen functional groups attached to an aromatic ring is 1. The molecule has 0 fully saturated rings. The Bertz CT molecular complexity index is 385. The second kappa shape index (κ2) is 9.46. The molecule has 0 bridgehead atoms. The van der Waals surface area contributed by atoms with Crippen molar-refractivity contribution in [2.75, 3.05) is 44.5 Å². The Balaban J connectivity index is 2.46. The van der Waals surface area contributed by atoms with E-state index in [9.17, 15) is 0 Å². The molecule has 0 aromatic carbocycles. The van der Waals surface area contributed by atoms with Crippen LogP contribution in [-0.4, -0.2) is 48.7 Å². The van der Waals surface area contributed by atoms with Gasteiger partial charge in [0.05, 0.1) is 0 Å². The third kappa shape index (κ3) is 6.65. The lowest BCUT2D eigenvalue weighted by atomic mass is 10.3. The largest absolute Gasteiger partial charge is 0.374 e. The molecule has 1 aromatic heterocycles. The standard InChI is InChI=1S/C13H26N6O/c1-4-20-10-13-16-11(9-12(17-13)18-14)15-7-5-6-8-19(2)3/h9H,4-8,10,14H2,1-3H3,(H2,15,16,17,18). The third-order valence-corrected chi connectivity index (χ3v) is 2.69. The molecule has 20 heavy (non-hydrogen) atoms. The van der Waals surface area contributed by atoms with E-state index >= 15 is 0 Å². The lowest BCUT2D eigenvalue weighted by Crippen LogP contribution is -2.15. The van der Waals surface area contributed by atoms with Gasteiger partial charge >= 0.3 is 0 Å². The minimum Gasteiger partial charge on any atom is -0.374 e. The van der Waals surface area contributed by atoms with Gasteiger partial charge < -0.3 is 20.4 Å². The zero-order valence-electron chi connectivity index (χ0n) is 12.6. The molecule has 0 aliphatic carbocycles. The van der Waals surface area contributed by atoms with Crippen LogP contribution in [0.1, 0.15) is 25.6 Å². The van der Waals surface area contributed by atoms with Crippen LogP contribution in [0.2, 0.25) is 0 Å². The summed E-state index contributed by atoms with van der Waals surface area (Å²) in [4.78, 5) is 10.8. The number of nitrogens with zero attached hydrogens (tertiary/aromatic N) is 3. The number of nitrogens with two attached hydrogens (primary N) is 1. The monoisotopic (exact) mass is 282 g/mol. The van der Waals surface area contributed by atoms with Gasteiger partial charge in [0.25, 0.3) is 0 Å². The number of nitrogens with one attached hydrogen (secondary N) is 2. The highest BCUT2D eigenvalue weighted by Gasteiger charge is 2.04. The maximum absolute atomic E-state index is 5.41. The predicted octanol–water partition coefficient (Wildman–Crippen LogP) is 1.05. The molecular formula is C13H26N6O. The molecule has 114 valence electrons. The lowest BCUT2D eigenvalue weighted by Gasteiger charge is -2.11. The molecule has 4 N–H and O–H groups in total. The van der Waals surface area contributed by atoms with Crippen LogP contribution in [0.15, 0.2) is 6.07 Å². The Kier molecular flexibility index (Phi) is 7.86. The molecule has 0 saturated heterocycles. The Labute approximate surface area is 120 Å². The van der Waals surface area contributed by atoms with Gasteiger partial charge in [-0.3, -0.25) is 0 Å². The highest BCUT2D eigenvalue weighted by Crippen LogP contribution is 2.11. The molecule has 1 rings (SSSR count). The number of hydrogen-bond acceptors (Lipinski definition) is 7. The second-order valence-corrected chi connectivity index (χ2v) is 4.77. The molecule has 1 aromatic rings. The van der Waals surface area contributed by atoms with E-state index in [1.54, 1.807) is 6.07 Å². The average molecular weight is 282 g/mol. The fourth-order valence-corrected chi connectivity index (χ4v) is 1.69. The number of unbranched alkanes of at least 4 members (excludes halogenated alkanes) is 1. The lowest BCUT2D eigenvalue weighted by molar-refractivity contribution is 0.128. The molecule has 7 nitrogen and oxygen atoms in total. The van der Waals surface area contributed by atoms with Gasteiger partial charge in [0.1, 0.15) is 18.2 Å². The van der Waals surface area contributed by atoms with Gasteiger partial charge in [-0.15, -0.1) is 0 Å². The number of aromatic nitrogens is 2. The van der Waals surface area contributed by atoms with E-state index < -0.39 is 0 Å². The first kappa shape index (κ1) is 16.6. The van der Waals surface area contributed by atoms with E-state index in [1.165, 1.54) is 0 Å². The van der Waals surface area contributed by atoms with Crippen LogP contribution < -0.4 is 16.6 Å². The van der Waals surface area contributed by atoms with Gasteiger partial charge in [0, 0.05) is 19.2 Å². The van der Waals surface area contributed by atoms with Crippen molar-refractivity contribution < 1.29 is 4.74 Å². The van der Waals surface area contributed by atoms with Crippen LogP contribution >= 0.6 is 0 Å². The molecule has 7 heteroatoms. The summed E-state index contributed by atoms with van der Waals surface area (Å²) in [6.07, 6.45) is 2.24. The van der Waals surface area contributed by atoms with Crippen molar-refractivity contribution in [2.24, 2.45) is 5.84 Å². The highest BCUT2D eigenvalue weighted by atomic mass is 16.5. The van der Waals surface area contributed by atoms with Crippen LogP contribution in [0.5, 0.6) is 0 Å². The van der Waals surface area contributed by atoms with Crippen LogP contribution in [0, 0.1) is 0 Å². The number of ether oxygens (including phenoxy) is 1. The van der Waals surface area contributed by atoms with E-state index in [-0.39, 0.29) is 0 Å². The highest BCUT2D eigenvalue weighted by molar-refractivity contribution is 5.46. The van der Waals surface area contributed by atoms with Crippen molar-refractivity contribution in [3.05, 3.63) is 11.9 Å². The van der Waals surface area contributed by atoms with Crippen molar-refractivity contribution >= 4 is 11.6 Å². The molecule has 0 amide bonds. The summed E-state index contributed by atoms with van der Waals surface area (Å²) >= 11 is 0. The Hall–Kier alpha value is -1.44. The van der Waals surface area contributed by atoms with Gasteiger partial charge in [0.2, 0.25) is 0 Å². The summed E-state index contributed by atoms with van der Waals surface area (Å²) in [7, 11) is 4.16. The second-order valence-electron chi connectivity index (χ2n) is 4.77. The van der Waals surface area contributed by atoms with Crippen molar-refractivity contribution in [3.8, 4) is 0 Å². The van der Waals surface area contributed by atoms with Gasteiger partial charge in [-0.2, -0.15) is 0 Å². The molecule has 0 radical (unpaired) electrons. The van der Waals surface area contributed by atoms with Crippen molar-refractivity contribution in [1.29, 1.82) is 0 Å². The van der Waals surface area contributed by atoms with Gasteiger partial charge in [-0.1, -0.05) is 0 Å². The first-order chi connectivity index (χ1) is 9.65. The smallest absolute Gasteiger partial charge is 0.158 e. The molecule has 0 aliphatic heterocycles. The topological polar surface area (TPSA) is 88.3 Å². The van der Waals surface area contributed by atoms with Crippen LogP contribution in [0.3, 0.4) is 0 Å². The summed E-state index contributed by atoms with van der Waals surface area (Å²) in [6.45, 7) is 4.94. The summed E-state index contributed by atoms with van der Waals surface area (Å²) < 4.78 is 5.32. The Morgan fingerprint density at radius 3 is 2.65 bits per heavy atom. The van der Waals surface area contributed by atoms with Crippen molar-refractivity contribution in [2.45, 2.75) is 26.4 Å². The Morgan fingerprint density at radius 1 is 1.25 bits per heavy atom. The zero-order chi connectivity index (χ0) is 14.8. The number of hydrogen-bond donors (Lipinski definition) is 3. The molecule has 0 spiro atoms. The minimum atomic E-state index is 0.390. The molecule has 1 heterocycles. The maximum Gasteiger partial charge on any atom is 0.158 e. The van der Waals surface area contributed by atoms with Gasteiger partial charge in [-0.05, 0) is 40.4 Å². The fourth-order valence-electron chi connectivity index (χ4n) is 1.69. The van der Waals surface area contributed by atoms with E-state index in [1.807, 2.05) is 6.92 Å². The van der Waals surface area contributed by atoms with Gasteiger partial charge in [0.15, 0.2) is 5.82 Å². The van der Waals surface area contributed by atoms with Crippen molar-refractivity contribution in [3.63, 3.8) is 0 Å². The normalized spacial score (nSPS) is 10.8. The predicted molar refractivity (Wildman–Crippen MR) is 81.4 cm³/mol. The molecule has 0 saturated carbocycles. The summed E-state index contributed by atoms with van der Waals surface area (Å²) in [5.41, 5.74) is 2.55. The summed E-state index contributed by atoms with van der Waals surface area (Å²) in [6, 6.07) is 1.79. The zero-order valence-corrected chi connectivity index (χ0v) is 12.6. The van der Waals surface area contributed by atoms with Gasteiger partial charge in [-0.25, -0.2) is 15.8 Å². The molecule has 0 aliphatic rings. The molecular weight excluding hydrogens is 256 g/mol. The fraction of sp³-hybridized carbons (Fsp3) is 0.692. The van der Waals surface area contributed by atoms with Crippen LogP contribution in [0.25, 0.3) is 0 Å². The molecule has 0 unspecified atom stereocenters. The van der Waals surface area contributed by atoms with E-state index in [0.717, 1.165) is 31.7 Å². The van der Waals surface area contributed by atoms with Crippen molar-refractivity contribution in [1.82, 2.24) is 14.9 Å². The van der Waals surface area contributed by atoms with Crippen LogP contribution in [0.4, 0.5) is 11.6 Å². The first-order valence-corrected chi connectivity index (χ1v) is 6.96. The van der Waals surface area contributed by atoms with E-state index in [0.29, 0.717) is 24.9 Å². The van der Waals surface area contributed by atoms with E-state index in [4.69, 9.17) is 10.6 Å². The number of hydrazine groups is 1. The Morgan fingerprint density at radius 2 is 2.00 bits per heavy atom. The number of anilines is 2. The summed E-state index contributed by atoms with van der Waals surface area (Å²) in [5, 5.41) is 3.29. The maximum atomic E-state index is 5.41.